The van der Waals surface area contributed by atoms with Crippen molar-refractivity contribution in [3.05, 3.63) is 126 Å². The quantitative estimate of drug-likeness (QED) is 0.201. The Morgan fingerprint density at radius 3 is 2.35 bits per heavy atom. The molecule has 218 valence electrons. The maximum Gasteiger partial charge on any atom is 0.408 e. The van der Waals surface area contributed by atoms with Crippen molar-refractivity contribution in [2.75, 3.05) is 16.9 Å². The molecule has 0 saturated carbocycles. The lowest BCUT2D eigenvalue weighted by Crippen LogP contribution is -2.48. The van der Waals surface area contributed by atoms with Crippen LogP contribution in [0, 0.1) is 0 Å². The lowest BCUT2D eigenvalue weighted by molar-refractivity contribution is -0.136. The molecule has 0 radical (unpaired) electrons. The molecule has 0 saturated heterocycles. The first-order valence-corrected chi connectivity index (χ1v) is 14.3. The average Bonchev–Trinajstić information content (AvgIpc) is 3.59. The zero-order chi connectivity index (χ0) is 30.1. The van der Waals surface area contributed by atoms with E-state index in [4.69, 9.17) is 0 Å². The van der Waals surface area contributed by atoms with Gasteiger partial charge in [0.25, 0.3) is 11.8 Å². The smallest absolute Gasteiger partial charge is 0.321 e. The SMILES string of the molecule is CCCCc1cccc2c1C(C(=O)N(CC(F)(F)F)n1ccc3c(NC(=O)c4ccccc4)cccc31)c1ccccc1-2. The Morgan fingerprint density at radius 2 is 1.58 bits per heavy atom. The Kier molecular flexibility index (Phi) is 7.52. The summed E-state index contributed by atoms with van der Waals surface area (Å²) in [6.45, 7) is 0.612. The molecule has 0 spiro atoms. The highest BCUT2D eigenvalue weighted by molar-refractivity contribution is 6.09. The number of halogens is 3. The third-order valence-electron chi connectivity index (χ3n) is 7.93. The van der Waals surface area contributed by atoms with Crippen LogP contribution in [0.5, 0.6) is 0 Å². The van der Waals surface area contributed by atoms with Gasteiger partial charge in [-0.2, -0.15) is 13.2 Å². The van der Waals surface area contributed by atoms with E-state index in [2.05, 4.69) is 12.2 Å². The first-order valence-electron chi connectivity index (χ1n) is 14.3. The summed E-state index contributed by atoms with van der Waals surface area (Å²) in [5.74, 6) is -1.90. The number of fused-ring (bicyclic) bond motifs is 4. The number of unbranched alkanes of at least 4 members (excludes halogenated alkanes) is 1. The lowest BCUT2D eigenvalue weighted by atomic mass is 9.90. The molecule has 1 atom stereocenters. The summed E-state index contributed by atoms with van der Waals surface area (Å²) in [5.41, 5.74) is 5.46. The van der Waals surface area contributed by atoms with Gasteiger partial charge in [-0.25, -0.2) is 5.01 Å². The van der Waals surface area contributed by atoms with E-state index in [9.17, 15) is 22.8 Å². The number of carbonyl (C=O) groups is 2. The number of nitrogens with one attached hydrogen (secondary N) is 1. The second kappa shape index (κ2) is 11.4. The van der Waals surface area contributed by atoms with Crippen LogP contribution in [0.3, 0.4) is 0 Å². The van der Waals surface area contributed by atoms with E-state index in [1.165, 1.54) is 10.9 Å². The first kappa shape index (κ1) is 28.3. The predicted octanol–water partition coefficient (Wildman–Crippen LogP) is 8.08. The van der Waals surface area contributed by atoms with Gasteiger partial charge in [0, 0.05) is 17.1 Å². The van der Waals surface area contributed by atoms with Crippen LogP contribution in [0.4, 0.5) is 18.9 Å². The van der Waals surface area contributed by atoms with E-state index < -0.39 is 24.5 Å². The predicted molar refractivity (Wildman–Crippen MR) is 163 cm³/mol. The number of amides is 2. The molecular weight excluding hydrogens is 551 g/mol. The average molecular weight is 582 g/mol. The number of alkyl halides is 3. The van der Waals surface area contributed by atoms with E-state index in [1.54, 1.807) is 54.6 Å². The molecular formula is C35H30F3N3O2. The van der Waals surface area contributed by atoms with Crippen LogP contribution >= 0.6 is 0 Å². The standard InChI is InChI=1S/C35H30F3N3O2/c1-2-3-11-23-14-9-17-26-25-15-7-8-16-27(25)32(31(23)26)34(43)41(22-35(36,37)38)40-21-20-28-29(18-10-19-30(28)40)39-33(42)24-12-5-4-6-13-24/h4-10,12-21,32H,2-3,11,22H2,1H3,(H,39,42). The summed E-state index contributed by atoms with van der Waals surface area (Å²) in [5, 5.41) is 4.17. The minimum atomic E-state index is -4.66. The van der Waals surface area contributed by atoms with Crippen molar-refractivity contribution in [1.82, 2.24) is 4.68 Å². The zero-order valence-electron chi connectivity index (χ0n) is 23.6. The van der Waals surface area contributed by atoms with Crippen LogP contribution in [-0.4, -0.2) is 29.2 Å². The molecule has 1 unspecified atom stereocenters. The third-order valence-corrected chi connectivity index (χ3v) is 7.93. The van der Waals surface area contributed by atoms with Crippen molar-refractivity contribution in [3.8, 4) is 11.1 Å². The molecule has 1 heterocycles. The molecule has 2 amide bonds. The molecule has 1 aromatic heterocycles. The van der Waals surface area contributed by atoms with E-state index in [-0.39, 0.29) is 5.91 Å². The van der Waals surface area contributed by atoms with Gasteiger partial charge in [-0.1, -0.05) is 80.1 Å². The van der Waals surface area contributed by atoms with Gasteiger partial charge >= 0.3 is 6.18 Å². The highest BCUT2D eigenvalue weighted by Gasteiger charge is 2.42. The van der Waals surface area contributed by atoms with Crippen LogP contribution in [-0.2, 0) is 11.2 Å². The number of aromatic nitrogens is 1. The van der Waals surface area contributed by atoms with Crippen molar-refractivity contribution in [3.63, 3.8) is 0 Å². The molecule has 5 aromatic rings. The van der Waals surface area contributed by atoms with E-state index in [0.717, 1.165) is 46.5 Å². The number of nitrogens with zero attached hydrogens (tertiary/aromatic N) is 2. The lowest BCUT2D eigenvalue weighted by Gasteiger charge is -2.29. The van der Waals surface area contributed by atoms with Crippen LogP contribution in [0.1, 0.15) is 52.7 Å². The molecule has 1 N–H and O–H groups in total. The third kappa shape index (κ3) is 5.41. The molecule has 8 heteroatoms. The van der Waals surface area contributed by atoms with Crippen LogP contribution in [0.15, 0.2) is 103 Å². The second-order valence-electron chi connectivity index (χ2n) is 10.7. The van der Waals surface area contributed by atoms with Gasteiger partial charge in [0.15, 0.2) is 0 Å². The fraction of sp³-hybridized carbons (Fsp3) is 0.200. The summed E-state index contributed by atoms with van der Waals surface area (Å²) < 4.78 is 43.7. The number of hydrogen-bond donors (Lipinski definition) is 1. The molecule has 4 aromatic carbocycles. The Labute approximate surface area is 247 Å². The number of rotatable bonds is 8. The van der Waals surface area contributed by atoms with Gasteiger partial charge in [-0.05, 0) is 71.0 Å². The van der Waals surface area contributed by atoms with Gasteiger partial charge in [0.05, 0.1) is 17.1 Å². The highest BCUT2D eigenvalue weighted by Crippen LogP contribution is 2.47. The zero-order valence-corrected chi connectivity index (χ0v) is 23.6. The molecule has 43 heavy (non-hydrogen) atoms. The van der Waals surface area contributed by atoms with Crippen LogP contribution in [0.2, 0.25) is 0 Å². The van der Waals surface area contributed by atoms with Gasteiger partial charge in [-0.3, -0.25) is 14.3 Å². The topological polar surface area (TPSA) is 54.3 Å². The van der Waals surface area contributed by atoms with Crippen molar-refractivity contribution in [2.45, 2.75) is 38.3 Å². The molecule has 6 rings (SSSR count). The van der Waals surface area contributed by atoms with E-state index >= 15 is 0 Å². The van der Waals surface area contributed by atoms with Crippen LogP contribution < -0.4 is 10.3 Å². The Balaban J connectivity index is 1.44. The maximum atomic E-state index is 14.5. The fourth-order valence-corrected chi connectivity index (χ4v) is 6.02. The Bertz CT molecular complexity index is 1810. The van der Waals surface area contributed by atoms with Gasteiger partial charge in [-0.15, -0.1) is 0 Å². The maximum absolute atomic E-state index is 14.5. The molecule has 0 fully saturated rings. The number of hydrogen-bond acceptors (Lipinski definition) is 2. The normalized spacial score (nSPS) is 13.9. The second-order valence-corrected chi connectivity index (χ2v) is 10.7. The van der Waals surface area contributed by atoms with E-state index in [1.807, 2.05) is 42.5 Å². The number of anilines is 1. The van der Waals surface area contributed by atoms with Crippen molar-refractivity contribution in [1.29, 1.82) is 0 Å². The van der Waals surface area contributed by atoms with Gasteiger partial charge in [0.2, 0.25) is 0 Å². The summed E-state index contributed by atoms with van der Waals surface area (Å²) in [4.78, 5) is 27.4. The monoisotopic (exact) mass is 581 g/mol. The summed E-state index contributed by atoms with van der Waals surface area (Å²) in [6, 6.07) is 28.6. The largest absolute Gasteiger partial charge is 0.408 e. The Hall–Kier alpha value is -4.85. The van der Waals surface area contributed by atoms with Crippen molar-refractivity contribution >= 4 is 28.4 Å². The van der Waals surface area contributed by atoms with E-state index in [0.29, 0.717) is 27.7 Å². The minimum absolute atomic E-state index is 0.345. The fourth-order valence-electron chi connectivity index (χ4n) is 6.02. The first-order chi connectivity index (χ1) is 20.8. The summed E-state index contributed by atoms with van der Waals surface area (Å²) in [7, 11) is 0. The molecule has 5 nitrogen and oxygen atoms in total. The Morgan fingerprint density at radius 1 is 0.860 bits per heavy atom. The molecule has 0 bridgehead atoms. The minimum Gasteiger partial charge on any atom is -0.321 e. The highest BCUT2D eigenvalue weighted by atomic mass is 19.4. The number of aryl methyl sites for hydroxylation is 1. The molecule has 1 aliphatic rings. The van der Waals surface area contributed by atoms with Crippen LogP contribution in [0.25, 0.3) is 22.0 Å². The summed E-state index contributed by atoms with van der Waals surface area (Å²) >= 11 is 0. The molecule has 0 aliphatic heterocycles. The molecule has 1 aliphatic carbocycles. The number of carbonyl (C=O) groups excluding carboxylic acids is 2. The number of benzene rings is 4. The summed E-state index contributed by atoms with van der Waals surface area (Å²) in [6.07, 6.45) is -0.618. The van der Waals surface area contributed by atoms with Crippen molar-refractivity contribution < 1.29 is 22.8 Å². The van der Waals surface area contributed by atoms with Gasteiger partial charge in [0.1, 0.15) is 6.54 Å². The van der Waals surface area contributed by atoms with Gasteiger partial charge < -0.3 is 5.32 Å². The van der Waals surface area contributed by atoms with Crippen molar-refractivity contribution in [2.24, 2.45) is 0 Å².